The van der Waals surface area contributed by atoms with Crippen molar-refractivity contribution in [2.75, 3.05) is 31.6 Å². The number of carbonyl (C=O) groups excluding carboxylic acids is 2. The van der Waals surface area contributed by atoms with Gasteiger partial charge in [0, 0.05) is 32.5 Å². The highest BCUT2D eigenvalue weighted by molar-refractivity contribution is 5.88. The van der Waals surface area contributed by atoms with Crippen molar-refractivity contribution in [1.82, 2.24) is 15.3 Å². The molecule has 8 nitrogen and oxygen atoms in total. The Morgan fingerprint density at radius 2 is 1.87 bits per heavy atom. The smallest absolute Gasteiger partial charge is 0.407 e. The predicted octanol–water partition coefficient (Wildman–Crippen LogP) is 1.61. The van der Waals surface area contributed by atoms with E-state index in [0.29, 0.717) is 31.2 Å². The van der Waals surface area contributed by atoms with Crippen molar-refractivity contribution < 1.29 is 19.1 Å². The van der Waals surface area contributed by atoms with Crippen LogP contribution in [0.4, 0.5) is 10.7 Å². The number of nitrogens with one attached hydrogen (secondary N) is 1. The maximum Gasteiger partial charge on any atom is 0.407 e. The van der Waals surface area contributed by atoms with Crippen LogP contribution in [0.2, 0.25) is 0 Å². The zero-order chi connectivity index (χ0) is 17.5. The summed E-state index contributed by atoms with van der Waals surface area (Å²) >= 11 is 0. The monoisotopic (exact) mass is 324 g/mol. The summed E-state index contributed by atoms with van der Waals surface area (Å²) in [6.07, 6.45) is 2.36. The number of amides is 1. The number of carbonyl (C=O) groups is 2. The lowest BCUT2D eigenvalue weighted by Gasteiger charge is -2.21. The number of aromatic nitrogens is 2. The highest BCUT2D eigenvalue weighted by Crippen LogP contribution is 2.07. The molecule has 0 aliphatic carbocycles. The van der Waals surface area contributed by atoms with Gasteiger partial charge >= 0.3 is 12.1 Å². The van der Waals surface area contributed by atoms with Crippen LogP contribution >= 0.6 is 0 Å². The van der Waals surface area contributed by atoms with Gasteiger partial charge in [0.1, 0.15) is 5.60 Å². The third kappa shape index (κ3) is 6.94. The molecule has 0 saturated carbocycles. The molecule has 128 valence electrons. The first kappa shape index (κ1) is 18.7. The molecule has 0 unspecified atom stereocenters. The first-order valence-electron chi connectivity index (χ1n) is 7.40. The number of esters is 1. The van der Waals surface area contributed by atoms with E-state index in [-0.39, 0.29) is 0 Å². The van der Waals surface area contributed by atoms with Crippen molar-refractivity contribution in [3.8, 4) is 0 Å². The van der Waals surface area contributed by atoms with Gasteiger partial charge in [-0.2, -0.15) is 0 Å². The largest absolute Gasteiger partial charge is 0.462 e. The van der Waals surface area contributed by atoms with E-state index in [0.717, 1.165) is 0 Å². The minimum Gasteiger partial charge on any atom is -0.462 e. The number of rotatable bonds is 6. The van der Waals surface area contributed by atoms with Gasteiger partial charge in [0.15, 0.2) is 0 Å². The molecule has 0 aliphatic rings. The molecule has 0 fully saturated rings. The van der Waals surface area contributed by atoms with Crippen molar-refractivity contribution in [1.29, 1.82) is 0 Å². The van der Waals surface area contributed by atoms with E-state index < -0.39 is 17.7 Å². The van der Waals surface area contributed by atoms with Crippen LogP contribution in [0.1, 0.15) is 38.1 Å². The number of anilines is 1. The average molecular weight is 324 g/mol. The Hall–Kier alpha value is -2.38. The number of nitrogens with zero attached hydrogens (tertiary/aromatic N) is 3. The molecule has 0 saturated heterocycles. The van der Waals surface area contributed by atoms with Crippen LogP contribution < -0.4 is 10.2 Å². The molecular formula is C15H24N4O4. The normalized spacial score (nSPS) is 10.8. The summed E-state index contributed by atoms with van der Waals surface area (Å²) in [7, 11) is 1.79. The molecule has 0 aromatic carbocycles. The van der Waals surface area contributed by atoms with E-state index in [4.69, 9.17) is 9.47 Å². The fourth-order valence-electron chi connectivity index (χ4n) is 1.58. The van der Waals surface area contributed by atoms with Crippen molar-refractivity contribution >= 4 is 18.0 Å². The molecule has 1 heterocycles. The first-order valence-corrected chi connectivity index (χ1v) is 7.40. The summed E-state index contributed by atoms with van der Waals surface area (Å²) in [5, 5.41) is 2.65. The minimum absolute atomic E-state index is 0.302. The fraction of sp³-hybridized carbons (Fsp3) is 0.600. The molecule has 1 N–H and O–H groups in total. The lowest BCUT2D eigenvalue weighted by atomic mass is 10.2. The second-order valence-corrected chi connectivity index (χ2v) is 5.84. The van der Waals surface area contributed by atoms with E-state index in [1.165, 1.54) is 12.4 Å². The predicted molar refractivity (Wildman–Crippen MR) is 85.5 cm³/mol. The van der Waals surface area contributed by atoms with Gasteiger partial charge in [-0.3, -0.25) is 0 Å². The van der Waals surface area contributed by atoms with Crippen LogP contribution in [0, 0.1) is 0 Å². The number of hydrogen-bond donors (Lipinski definition) is 1. The van der Waals surface area contributed by atoms with Crippen molar-refractivity contribution in [2.24, 2.45) is 0 Å². The van der Waals surface area contributed by atoms with E-state index in [2.05, 4.69) is 15.3 Å². The number of alkyl carbamates (subject to hydrolysis) is 1. The lowest BCUT2D eigenvalue weighted by molar-refractivity contribution is 0.0516. The molecule has 1 aromatic rings. The maximum absolute atomic E-state index is 11.5. The van der Waals surface area contributed by atoms with Crippen LogP contribution in [-0.4, -0.2) is 54.4 Å². The molecular weight excluding hydrogens is 300 g/mol. The molecule has 0 atom stereocenters. The van der Waals surface area contributed by atoms with E-state index in [1.807, 2.05) is 0 Å². The van der Waals surface area contributed by atoms with Gasteiger partial charge in [-0.15, -0.1) is 0 Å². The third-order valence-electron chi connectivity index (χ3n) is 2.61. The fourth-order valence-corrected chi connectivity index (χ4v) is 1.58. The van der Waals surface area contributed by atoms with Gasteiger partial charge in [-0.05, 0) is 27.7 Å². The Morgan fingerprint density at radius 3 is 2.39 bits per heavy atom. The molecule has 1 rings (SSSR count). The molecule has 23 heavy (non-hydrogen) atoms. The molecule has 0 bridgehead atoms. The van der Waals surface area contributed by atoms with Crippen LogP contribution in [0.15, 0.2) is 12.4 Å². The van der Waals surface area contributed by atoms with Crippen LogP contribution in [0.25, 0.3) is 0 Å². The van der Waals surface area contributed by atoms with Crippen LogP contribution in [0.5, 0.6) is 0 Å². The van der Waals surface area contributed by atoms with E-state index in [1.54, 1.807) is 39.6 Å². The van der Waals surface area contributed by atoms with Gasteiger partial charge in [0.25, 0.3) is 0 Å². The Labute approximate surface area is 136 Å². The van der Waals surface area contributed by atoms with Crippen molar-refractivity contribution in [2.45, 2.75) is 33.3 Å². The highest BCUT2D eigenvalue weighted by Gasteiger charge is 2.16. The van der Waals surface area contributed by atoms with Gasteiger partial charge in [0.2, 0.25) is 5.95 Å². The Morgan fingerprint density at radius 1 is 1.26 bits per heavy atom. The topological polar surface area (TPSA) is 93.7 Å². The maximum atomic E-state index is 11.5. The Bertz CT molecular complexity index is 525. The number of hydrogen-bond acceptors (Lipinski definition) is 7. The average Bonchev–Trinajstić information content (AvgIpc) is 2.45. The molecule has 1 aromatic heterocycles. The molecule has 0 spiro atoms. The summed E-state index contributed by atoms with van der Waals surface area (Å²) in [6, 6.07) is 0. The second kappa shape index (κ2) is 8.30. The Kier molecular flexibility index (Phi) is 6.74. The van der Waals surface area contributed by atoms with Gasteiger partial charge in [0.05, 0.1) is 12.2 Å². The quantitative estimate of drug-likeness (QED) is 0.795. The first-order chi connectivity index (χ1) is 10.7. The summed E-state index contributed by atoms with van der Waals surface area (Å²) in [6.45, 7) is 8.33. The SMILES string of the molecule is CCOC(=O)c1cnc(N(C)CCNC(=O)OC(C)(C)C)nc1. The molecule has 8 heteroatoms. The summed E-state index contributed by atoms with van der Waals surface area (Å²) in [4.78, 5) is 33.0. The molecule has 0 aliphatic heterocycles. The molecule has 0 radical (unpaired) electrons. The zero-order valence-corrected chi connectivity index (χ0v) is 14.3. The van der Waals surface area contributed by atoms with E-state index >= 15 is 0 Å². The lowest BCUT2D eigenvalue weighted by Crippen LogP contribution is -2.37. The standard InChI is InChI=1S/C15H24N4O4/c1-6-22-12(20)11-9-17-13(18-10-11)19(5)8-7-16-14(21)23-15(2,3)4/h9-10H,6-8H2,1-5H3,(H,16,21). The van der Waals surface area contributed by atoms with Gasteiger partial charge < -0.3 is 19.7 Å². The van der Waals surface area contributed by atoms with Gasteiger partial charge in [-0.25, -0.2) is 19.6 Å². The summed E-state index contributed by atoms with van der Waals surface area (Å²) in [5.74, 6) is -0.00247. The summed E-state index contributed by atoms with van der Waals surface area (Å²) in [5.41, 5.74) is -0.224. The van der Waals surface area contributed by atoms with Crippen LogP contribution in [-0.2, 0) is 9.47 Å². The zero-order valence-electron chi connectivity index (χ0n) is 14.3. The van der Waals surface area contributed by atoms with Crippen molar-refractivity contribution in [3.63, 3.8) is 0 Å². The van der Waals surface area contributed by atoms with Gasteiger partial charge in [-0.1, -0.05) is 0 Å². The number of ether oxygens (including phenoxy) is 2. The third-order valence-corrected chi connectivity index (χ3v) is 2.61. The van der Waals surface area contributed by atoms with E-state index in [9.17, 15) is 9.59 Å². The van der Waals surface area contributed by atoms with Crippen LogP contribution in [0.3, 0.4) is 0 Å². The summed E-state index contributed by atoms with van der Waals surface area (Å²) < 4.78 is 10.0. The van der Waals surface area contributed by atoms with Crippen molar-refractivity contribution in [3.05, 3.63) is 18.0 Å². The minimum atomic E-state index is -0.526. The Balaban J connectivity index is 2.44. The highest BCUT2D eigenvalue weighted by atomic mass is 16.6. The number of likely N-dealkylation sites (N-methyl/N-ethyl adjacent to an activating group) is 1. The second-order valence-electron chi connectivity index (χ2n) is 5.84. The molecule has 1 amide bonds.